The number of carbonyl (C=O) groups is 5. The number of nitrogens with one attached hydrogen (secondary N) is 2. The van der Waals surface area contributed by atoms with Crippen LogP contribution in [0.25, 0.3) is 0 Å². The molecule has 40 heavy (non-hydrogen) atoms. The van der Waals surface area contributed by atoms with E-state index in [1.807, 2.05) is 0 Å². The Kier molecular flexibility index (Phi) is 6.69. The second-order valence-corrected chi connectivity index (χ2v) is 11.6. The van der Waals surface area contributed by atoms with Crippen molar-refractivity contribution in [2.24, 2.45) is 5.10 Å². The number of urea groups is 2. The average Bonchev–Trinajstić information content (AvgIpc) is 3.59. The van der Waals surface area contributed by atoms with Crippen molar-refractivity contribution in [1.82, 2.24) is 25.4 Å². The van der Waals surface area contributed by atoms with E-state index in [9.17, 15) is 34.2 Å². The van der Waals surface area contributed by atoms with Crippen LogP contribution in [0, 0.1) is 0 Å². The van der Waals surface area contributed by atoms with Crippen LogP contribution < -0.4 is 10.6 Å². The number of amides is 6. The Bertz CT molecular complexity index is 1390. The normalized spacial score (nSPS) is 25.2. The summed E-state index contributed by atoms with van der Waals surface area (Å²) in [6, 6.07) is 6.54. The molecule has 5 rings (SSSR count). The highest BCUT2D eigenvalue weighted by molar-refractivity contribution is 8.01. The maximum absolute atomic E-state index is 13.3. The van der Waals surface area contributed by atoms with Crippen LogP contribution in [0.15, 0.2) is 52.2 Å². The zero-order valence-corrected chi connectivity index (χ0v) is 22.3. The molecule has 6 amide bonds. The predicted octanol–water partition coefficient (Wildman–Crippen LogP) is 0.968. The molecule has 0 radical (unpaired) electrons. The molecule has 15 heteroatoms. The molecule has 3 aliphatic heterocycles. The number of thioether (sulfide) groups is 1. The van der Waals surface area contributed by atoms with Gasteiger partial charge < -0.3 is 25.3 Å². The highest BCUT2D eigenvalue weighted by atomic mass is 32.2. The minimum absolute atomic E-state index is 0.0514. The summed E-state index contributed by atoms with van der Waals surface area (Å²) in [5, 5.41) is 29.1. The van der Waals surface area contributed by atoms with Crippen LogP contribution in [-0.2, 0) is 20.8 Å². The third kappa shape index (κ3) is 4.41. The summed E-state index contributed by atoms with van der Waals surface area (Å²) in [5.41, 5.74) is -1.58. The Hall–Kier alpha value is -4.53. The Morgan fingerprint density at radius 3 is 2.55 bits per heavy atom. The molecule has 0 bridgehead atoms. The number of phenolic OH excluding ortho intramolecular Hbond substituents is 1. The van der Waals surface area contributed by atoms with Crippen LogP contribution >= 0.6 is 11.8 Å². The number of carboxylic acid groups (broad SMARTS) is 1. The van der Waals surface area contributed by atoms with Crippen molar-refractivity contribution in [2.75, 3.05) is 13.1 Å². The summed E-state index contributed by atoms with van der Waals surface area (Å²) < 4.78 is 3.89. The van der Waals surface area contributed by atoms with E-state index in [1.165, 1.54) is 24.6 Å². The maximum Gasteiger partial charge on any atom is 0.352 e. The highest BCUT2D eigenvalue weighted by Gasteiger charge is 2.74. The van der Waals surface area contributed by atoms with E-state index in [-0.39, 0.29) is 25.3 Å². The van der Waals surface area contributed by atoms with E-state index in [0.29, 0.717) is 11.3 Å². The fourth-order valence-corrected chi connectivity index (χ4v) is 6.63. The molecule has 3 fully saturated rings. The zero-order valence-electron chi connectivity index (χ0n) is 21.4. The van der Waals surface area contributed by atoms with E-state index in [0.717, 1.165) is 26.6 Å². The molecule has 2 aromatic rings. The smallest absolute Gasteiger partial charge is 0.352 e. The van der Waals surface area contributed by atoms with Gasteiger partial charge in [-0.25, -0.2) is 24.3 Å². The molecule has 0 spiro atoms. The lowest BCUT2D eigenvalue weighted by molar-refractivity contribution is -0.174. The first-order valence-corrected chi connectivity index (χ1v) is 13.1. The number of fused-ring (bicyclic) bond motifs is 1. The van der Waals surface area contributed by atoms with Crippen LogP contribution in [0.5, 0.6) is 5.75 Å². The van der Waals surface area contributed by atoms with Crippen molar-refractivity contribution in [3.63, 3.8) is 0 Å². The fraction of sp³-hybridized carbons (Fsp3) is 0.360. The van der Waals surface area contributed by atoms with Crippen molar-refractivity contribution in [1.29, 1.82) is 0 Å². The largest absolute Gasteiger partial charge is 0.508 e. The van der Waals surface area contributed by atoms with Gasteiger partial charge in [-0.2, -0.15) is 5.10 Å². The number of β-lactam (4-membered cyclic amide) rings is 1. The predicted molar refractivity (Wildman–Crippen MR) is 140 cm³/mol. The number of imide groups is 1. The number of carboxylic acids is 1. The summed E-state index contributed by atoms with van der Waals surface area (Å²) in [7, 11) is 0. The molecule has 14 nitrogen and oxygen atoms in total. The number of phenols is 1. The number of nitrogens with zero attached hydrogens (tertiary/aromatic N) is 4. The molecule has 0 saturated carbocycles. The molecule has 210 valence electrons. The summed E-state index contributed by atoms with van der Waals surface area (Å²) >= 11 is 1.12. The molecular formula is C25H26N6O8S. The average molecular weight is 571 g/mol. The number of aliphatic carboxylic acids is 1. The van der Waals surface area contributed by atoms with E-state index < -0.39 is 51.7 Å². The van der Waals surface area contributed by atoms with Gasteiger partial charge in [-0.3, -0.25) is 14.5 Å². The quantitative estimate of drug-likeness (QED) is 0.278. The van der Waals surface area contributed by atoms with Crippen LogP contribution in [0.3, 0.4) is 0 Å². The van der Waals surface area contributed by atoms with Crippen LogP contribution in [-0.4, -0.2) is 96.0 Å². The van der Waals surface area contributed by atoms with Gasteiger partial charge in [-0.05, 0) is 43.7 Å². The molecule has 4 heterocycles. The lowest BCUT2D eigenvalue weighted by Gasteiger charge is -2.49. The summed E-state index contributed by atoms with van der Waals surface area (Å²) in [6.07, 6.45) is 2.70. The van der Waals surface area contributed by atoms with Gasteiger partial charge in [0.05, 0.1) is 36.7 Å². The SMILES string of the molecule is CC1(C)S[C@@H]2[C@H](NC(=O)Cc3ccc(O)cc3)C(=O)N2[C@@]1(NC(=O)N1CCN(N=Cc2ccco2)C1=O)C(=O)O. The van der Waals surface area contributed by atoms with Crippen LogP contribution in [0.1, 0.15) is 25.2 Å². The van der Waals surface area contributed by atoms with E-state index in [4.69, 9.17) is 4.42 Å². The van der Waals surface area contributed by atoms with Gasteiger partial charge in [0.15, 0.2) is 0 Å². The third-order valence-electron chi connectivity index (χ3n) is 7.01. The Morgan fingerprint density at radius 1 is 1.18 bits per heavy atom. The number of hydrogen-bond acceptors (Lipinski definition) is 9. The number of aromatic hydroxyl groups is 1. The van der Waals surface area contributed by atoms with Crippen LogP contribution in [0.2, 0.25) is 0 Å². The minimum atomic E-state index is -2.19. The van der Waals surface area contributed by atoms with Crippen molar-refractivity contribution < 1.29 is 38.6 Å². The third-order valence-corrected chi connectivity index (χ3v) is 8.61. The number of rotatable bonds is 7. The molecule has 3 saturated heterocycles. The van der Waals surface area contributed by atoms with Gasteiger partial charge in [0.2, 0.25) is 11.6 Å². The lowest BCUT2D eigenvalue weighted by atomic mass is 9.88. The fourth-order valence-electron chi connectivity index (χ4n) is 4.93. The molecular weight excluding hydrogens is 544 g/mol. The first-order valence-electron chi connectivity index (χ1n) is 12.2. The molecule has 3 aliphatic rings. The Morgan fingerprint density at radius 2 is 1.90 bits per heavy atom. The van der Waals surface area contributed by atoms with Gasteiger partial charge >= 0.3 is 18.0 Å². The van der Waals surface area contributed by atoms with E-state index >= 15 is 0 Å². The summed E-state index contributed by atoms with van der Waals surface area (Å²) in [4.78, 5) is 66.5. The minimum Gasteiger partial charge on any atom is -0.508 e. The number of carbonyl (C=O) groups excluding carboxylic acids is 4. The zero-order chi connectivity index (χ0) is 28.8. The van der Waals surface area contributed by atoms with Crippen molar-refractivity contribution in [2.45, 2.75) is 42.1 Å². The summed E-state index contributed by atoms with van der Waals surface area (Å²) in [5.74, 6) is -2.17. The molecule has 3 atom stereocenters. The highest BCUT2D eigenvalue weighted by Crippen LogP contribution is 2.55. The van der Waals surface area contributed by atoms with Crippen molar-refractivity contribution in [3.05, 3.63) is 54.0 Å². The van der Waals surface area contributed by atoms with Crippen LogP contribution in [0.4, 0.5) is 9.59 Å². The second kappa shape index (κ2) is 9.89. The van der Waals surface area contributed by atoms with E-state index in [2.05, 4.69) is 15.7 Å². The molecule has 0 unspecified atom stereocenters. The van der Waals surface area contributed by atoms with Crippen molar-refractivity contribution in [3.8, 4) is 5.75 Å². The Labute approximate surface area is 232 Å². The summed E-state index contributed by atoms with van der Waals surface area (Å²) in [6.45, 7) is 3.15. The first-order chi connectivity index (χ1) is 18.9. The van der Waals surface area contributed by atoms with Gasteiger partial charge in [-0.15, -0.1) is 11.8 Å². The Balaban J connectivity index is 1.29. The lowest BCUT2D eigenvalue weighted by Crippen LogP contribution is -2.80. The van der Waals surface area contributed by atoms with Gasteiger partial charge in [0.25, 0.3) is 5.91 Å². The molecule has 4 N–H and O–H groups in total. The number of hydrogen-bond donors (Lipinski definition) is 4. The number of hydrazone groups is 1. The standard InChI is InChI=1S/C25H26N6O8S/c1-24(2)25(21(35)36,28-22(37)29-9-10-30(23(29)38)26-13-16-4-3-11-39-16)31-19(34)18(20(31)40-24)27-17(33)12-14-5-7-15(32)8-6-14/h3-8,11,13,18,20,32H,9-10,12H2,1-2H3,(H,27,33)(H,28,37)(H,35,36)/t18-,20-,25+/m1/s1. The maximum atomic E-state index is 13.3. The molecule has 1 aromatic carbocycles. The second-order valence-electron chi connectivity index (χ2n) is 9.88. The molecule has 1 aromatic heterocycles. The van der Waals surface area contributed by atoms with E-state index in [1.54, 1.807) is 38.1 Å². The molecule has 0 aliphatic carbocycles. The van der Waals surface area contributed by atoms with Gasteiger partial charge in [-0.1, -0.05) is 12.1 Å². The number of benzene rings is 1. The van der Waals surface area contributed by atoms with Gasteiger partial charge in [0.1, 0.15) is 22.9 Å². The van der Waals surface area contributed by atoms with Gasteiger partial charge in [0, 0.05) is 0 Å². The number of furan rings is 1. The first kappa shape index (κ1) is 27.1. The van der Waals surface area contributed by atoms with Crippen molar-refractivity contribution >= 4 is 47.8 Å². The monoisotopic (exact) mass is 570 g/mol. The topological polar surface area (TPSA) is 185 Å².